The second-order valence-electron chi connectivity index (χ2n) is 11.0. The number of esters is 1. The molecule has 3 amide bonds. The first-order chi connectivity index (χ1) is 21.4. The molecule has 1 aliphatic heterocycles. The molecule has 0 saturated carbocycles. The summed E-state index contributed by atoms with van der Waals surface area (Å²) >= 11 is 0. The van der Waals surface area contributed by atoms with E-state index >= 15 is 0 Å². The van der Waals surface area contributed by atoms with Crippen molar-refractivity contribution < 1.29 is 33.8 Å². The number of aliphatic hydroxyl groups is 1. The molecule has 0 aromatic heterocycles. The van der Waals surface area contributed by atoms with Gasteiger partial charge in [0.25, 0.3) is 0 Å². The molecule has 0 bridgehead atoms. The maximum atomic E-state index is 13.4. The Morgan fingerprint density at radius 1 is 1.00 bits per heavy atom. The first kappa shape index (κ1) is 34.3. The van der Waals surface area contributed by atoms with Crippen LogP contribution in [0.5, 0.6) is 0 Å². The van der Waals surface area contributed by atoms with Crippen LogP contribution < -0.4 is 16.0 Å². The van der Waals surface area contributed by atoms with Gasteiger partial charge in [-0.3, -0.25) is 14.4 Å². The number of cyclic esters (lactones) is 1. The number of hydrogen-bond acceptors (Lipinski definition) is 7. The number of carbonyl (C=O) groups is 4. The third-order valence-corrected chi connectivity index (χ3v) is 7.31. The summed E-state index contributed by atoms with van der Waals surface area (Å²) in [4.78, 5) is 50.5. The van der Waals surface area contributed by atoms with E-state index in [0.29, 0.717) is 51.5 Å². The molecule has 10 nitrogen and oxygen atoms in total. The molecule has 44 heavy (non-hydrogen) atoms. The molecule has 2 aromatic rings. The third kappa shape index (κ3) is 13.9. The average molecular weight is 608 g/mol. The van der Waals surface area contributed by atoms with Crippen LogP contribution in [0.1, 0.15) is 62.5 Å². The van der Waals surface area contributed by atoms with Crippen molar-refractivity contribution in [3.63, 3.8) is 0 Å². The highest BCUT2D eigenvalue weighted by molar-refractivity contribution is 5.86. The van der Waals surface area contributed by atoms with E-state index < -0.39 is 24.1 Å². The lowest BCUT2D eigenvalue weighted by Gasteiger charge is -2.23. The number of aliphatic hydroxyl groups excluding tert-OH is 1. The molecule has 0 aliphatic carbocycles. The van der Waals surface area contributed by atoms with Gasteiger partial charge in [-0.25, -0.2) is 4.79 Å². The smallest absolute Gasteiger partial charge is 0.407 e. The fourth-order valence-corrected chi connectivity index (χ4v) is 4.86. The van der Waals surface area contributed by atoms with Gasteiger partial charge in [0.05, 0.1) is 24.6 Å². The Kier molecular flexibility index (Phi) is 15.5. The van der Waals surface area contributed by atoms with Crippen LogP contribution in [-0.4, -0.2) is 60.8 Å². The molecule has 1 aliphatic rings. The molecule has 0 radical (unpaired) electrons. The van der Waals surface area contributed by atoms with Crippen molar-refractivity contribution in [1.82, 2.24) is 16.0 Å². The lowest BCUT2D eigenvalue weighted by molar-refractivity contribution is -0.145. The molecule has 3 rings (SSSR count). The summed E-state index contributed by atoms with van der Waals surface area (Å²) in [6, 6.07) is 18.1. The number of ether oxygens (including phenoxy) is 2. The van der Waals surface area contributed by atoms with Gasteiger partial charge >= 0.3 is 12.1 Å². The first-order valence-corrected chi connectivity index (χ1v) is 15.4. The van der Waals surface area contributed by atoms with E-state index in [-0.39, 0.29) is 50.4 Å². The number of nitrogens with one attached hydrogen (secondary N) is 3. The second-order valence-corrected chi connectivity index (χ2v) is 11.0. The van der Waals surface area contributed by atoms with Gasteiger partial charge in [-0.15, -0.1) is 0 Å². The number of allylic oxidation sites excluding steroid dienone is 2. The van der Waals surface area contributed by atoms with Crippen molar-refractivity contribution in [2.24, 2.45) is 5.92 Å². The van der Waals surface area contributed by atoms with Crippen LogP contribution in [0.4, 0.5) is 4.79 Å². The zero-order chi connectivity index (χ0) is 31.4. The number of benzene rings is 2. The van der Waals surface area contributed by atoms with Crippen LogP contribution in [0.25, 0.3) is 0 Å². The minimum atomic E-state index is -0.623. The Balaban J connectivity index is 1.50. The van der Waals surface area contributed by atoms with E-state index in [2.05, 4.69) is 16.0 Å². The van der Waals surface area contributed by atoms with Crippen molar-refractivity contribution >= 4 is 23.9 Å². The van der Waals surface area contributed by atoms with Crippen molar-refractivity contribution in [3.05, 3.63) is 83.9 Å². The highest BCUT2D eigenvalue weighted by Gasteiger charge is 2.25. The number of hydrogen-bond donors (Lipinski definition) is 4. The number of amides is 3. The molecular weight excluding hydrogens is 562 g/mol. The summed E-state index contributed by atoms with van der Waals surface area (Å²) in [5.74, 6) is -1.55. The zero-order valence-electron chi connectivity index (χ0n) is 25.2. The third-order valence-electron chi connectivity index (χ3n) is 7.31. The van der Waals surface area contributed by atoms with Crippen LogP contribution in [0.15, 0.2) is 72.8 Å². The summed E-state index contributed by atoms with van der Waals surface area (Å²) in [6.45, 7) is 0.405. The SMILES string of the molecule is O=C(CC1CC=CCCCC(=O)OCC(CCCCNC(=O)OCc2ccccc2)NC1=O)NC(CO)Cc1ccccc1. The largest absolute Gasteiger partial charge is 0.463 e. The van der Waals surface area contributed by atoms with E-state index in [1.165, 1.54) is 0 Å². The van der Waals surface area contributed by atoms with Crippen molar-refractivity contribution in [2.75, 3.05) is 19.8 Å². The molecule has 238 valence electrons. The number of unbranched alkanes of at least 4 members (excludes halogenated alkanes) is 1. The van der Waals surface area contributed by atoms with Crippen molar-refractivity contribution in [1.29, 1.82) is 0 Å². The van der Waals surface area contributed by atoms with Gasteiger partial charge in [0.1, 0.15) is 13.2 Å². The van der Waals surface area contributed by atoms with Gasteiger partial charge in [-0.05, 0) is 56.1 Å². The molecule has 3 unspecified atom stereocenters. The van der Waals surface area contributed by atoms with E-state index in [4.69, 9.17) is 9.47 Å². The Hall–Kier alpha value is -4.18. The number of alkyl carbamates (subject to hydrolysis) is 1. The summed E-state index contributed by atoms with van der Waals surface area (Å²) in [7, 11) is 0. The van der Waals surface area contributed by atoms with E-state index in [0.717, 1.165) is 11.1 Å². The van der Waals surface area contributed by atoms with Gasteiger partial charge in [0.15, 0.2) is 0 Å². The van der Waals surface area contributed by atoms with Gasteiger partial charge in [-0.1, -0.05) is 72.8 Å². The quantitative estimate of drug-likeness (QED) is 0.153. The van der Waals surface area contributed by atoms with E-state index in [1.807, 2.05) is 72.8 Å². The standard InChI is InChI=1S/C34H45N3O7/c38-23-30(21-26-13-5-3-6-14-26)36-31(39)22-28-17-9-1-2-10-19-32(40)43-25-29(37-33(28)41)18-11-12-20-35-34(42)44-24-27-15-7-4-8-16-27/h1,3-9,13-16,28-30,38H,2,10-12,17-25H2,(H,35,42)(H,36,39)(H,37,41). The number of rotatable bonds is 13. The fraction of sp³-hybridized carbons (Fsp3) is 0.471. The highest BCUT2D eigenvalue weighted by Crippen LogP contribution is 2.15. The molecule has 0 spiro atoms. The van der Waals surface area contributed by atoms with Crippen LogP contribution in [0.3, 0.4) is 0 Å². The van der Waals surface area contributed by atoms with Crippen LogP contribution in [-0.2, 0) is 36.9 Å². The monoisotopic (exact) mass is 607 g/mol. The lowest BCUT2D eigenvalue weighted by atomic mass is 9.97. The maximum absolute atomic E-state index is 13.4. The van der Waals surface area contributed by atoms with Crippen molar-refractivity contribution in [3.8, 4) is 0 Å². The highest BCUT2D eigenvalue weighted by atomic mass is 16.5. The predicted molar refractivity (Wildman–Crippen MR) is 166 cm³/mol. The first-order valence-electron chi connectivity index (χ1n) is 15.4. The van der Waals surface area contributed by atoms with Crippen LogP contribution >= 0.6 is 0 Å². The van der Waals surface area contributed by atoms with E-state index in [1.54, 1.807) is 0 Å². The Morgan fingerprint density at radius 3 is 2.45 bits per heavy atom. The Morgan fingerprint density at radius 2 is 1.73 bits per heavy atom. The topological polar surface area (TPSA) is 143 Å². The lowest BCUT2D eigenvalue weighted by Crippen LogP contribution is -2.44. The molecule has 3 atom stereocenters. The predicted octanol–water partition coefficient (Wildman–Crippen LogP) is 3.97. The van der Waals surface area contributed by atoms with Gasteiger partial charge in [0, 0.05) is 19.4 Å². The van der Waals surface area contributed by atoms with Gasteiger partial charge in [0.2, 0.25) is 11.8 Å². The summed E-state index contributed by atoms with van der Waals surface area (Å²) in [5.41, 5.74) is 1.89. The molecule has 2 aromatic carbocycles. The number of carbonyl (C=O) groups excluding carboxylic acids is 4. The molecule has 0 saturated heterocycles. The molecular formula is C34H45N3O7. The second kappa shape index (κ2) is 19.9. The minimum absolute atomic E-state index is 0.0348. The summed E-state index contributed by atoms with van der Waals surface area (Å²) < 4.78 is 10.7. The zero-order valence-corrected chi connectivity index (χ0v) is 25.2. The van der Waals surface area contributed by atoms with E-state index in [9.17, 15) is 24.3 Å². The Labute approximate surface area is 259 Å². The van der Waals surface area contributed by atoms with Gasteiger partial charge in [-0.2, -0.15) is 0 Å². The van der Waals surface area contributed by atoms with Crippen LogP contribution in [0, 0.1) is 5.92 Å². The average Bonchev–Trinajstić information content (AvgIpc) is 3.04. The minimum Gasteiger partial charge on any atom is -0.463 e. The molecule has 1 heterocycles. The maximum Gasteiger partial charge on any atom is 0.407 e. The van der Waals surface area contributed by atoms with Gasteiger partial charge < -0.3 is 30.5 Å². The molecule has 10 heteroatoms. The van der Waals surface area contributed by atoms with Crippen molar-refractivity contribution in [2.45, 2.75) is 76.5 Å². The normalized spacial score (nSPS) is 18.4. The summed E-state index contributed by atoms with van der Waals surface area (Å²) in [6.07, 6.45) is 7.53. The molecule has 4 N–H and O–H groups in total. The summed E-state index contributed by atoms with van der Waals surface area (Å²) in [5, 5.41) is 18.4. The van der Waals surface area contributed by atoms with Crippen LogP contribution in [0.2, 0.25) is 0 Å². The Bertz CT molecular complexity index is 1190. The molecule has 0 fully saturated rings. The fourth-order valence-electron chi connectivity index (χ4n) is 4.86.